The lowest BCUT2D eigenvalue weighted by atomic mass is 10.1. The van der Waals surface area contributed by atoms with Gasteiger partial charge in [-0.1, -0.05) is 12.1 Å². The summed E-state index contributed by atoms with van der Waals surface area (Å²) in [6, 6.07) is 1.81. The average molecular weight is 311 g/mol. The van der Waals surface area contributed by atoms with Gasteiger partial charge < -0.3 is 8.94 Å². The van der Waals surface area contributed by atoms with Crippen molar-refractivity contribution in [2.75, 3.05) is 6.54 Å². The van der Waals surface area contributed by atoms with Gasteiger partial charge in [-0.15, -0.1) is 0 Å². The fourth-order valence-corrected chi connectivity index (χ4v) is 2.72. The van der Waals surface area contributed by atoms with Gasteiger partial charge in [-0.2, -0.15) is 4.98 Å². The highest BCUT2D eigenvalue weighted by Crippen LogP contribution is 2.20. The van der Waals surface area contributed by atoms with Gasteiger partial charge in [-0.05, 0) is 18.1 Å². The first-order chi connectivity index (χ1) is 11.3. The molecule has 0 fully saturated rings. The maximum absolute atomic E-state index is 5.35. The van der Waals surface area contributed by atoms with Crippen LogP contribution in [0.2, 0.25) is 0 Å². The monoisotopic (exact) mass is 311 g/mol. The summed E-state index contributed by atoms with van der Waals surface area (Å²) >= 11 is 0. The van der Waals surface area contributed by atoms with Crippen LogP contribution in [0.3, 0.4) is 0 Å². The number of aryl methyl sites for hydroxylation is 1. The van der Waals surface area contributed by atoms with Gasteiger partial charge >= 0.3 is 0 Å². The minimum Gasteiger partial charge on any atom is -0.472 e. The Kier molecular flexibility index (Phi) is 3.63. The Balaban J connectivity index is 1.48. The molecule has 0 spiro atoms. The summed E-state index contributed by atoms with van der Waals surface area (Å²) in [5, 5.41) is 4.00. The average Bonchev–Trinajstić information content (AvgIpc) is 3.25. The van der Waals surface area contributed by atoms with Crippen molar-refractivity contribution in [2.24, 2.45) is 0 Å². The number of hydrogen-bond donors (Lipinski definition) is 0. The summed E-state index contributed by atoms with van der Waals surface area (Å²) in [5.74, 6) is 2.06. The molecule has 7 heteroatoms. The fourth-order valence-electron chi connectivity index (χ4n) is 2.72. The highest BCUT2D eigenvalue weighted by atomic mass is 16.5. The van der Waals surface area contributed by atoms with Gasteiger partial charge in [0.25, 0.3) is 0 Å². The van der Waals surface area contributed by atoms with Crippen LogP contribution in [0.15, 0.2) is 33.7 Å². The molecule has 1 aliphatic heterocycles. The Labute approximate surface area is 133 Å². The molecule has 3 aromatic rings. The number of nitrogens with zero attached hydrogens (tertiary/aromatic N) is 5. The molecule has 0 unspecified atom stereocenters. The number of hydrogen-bond acceptors (Lipinski definition) is 7. The maximum atomic E-state index is 5.35. The van der Waals surface area contributed by atoms with Crippen LogP contribution in [-0.2, 0) is 25.9 Å². The van der Waals surface area contributed by atoms with Crippen molar-refractivity contribution in [3.63, 3.8) is 0 Å². The normalized spacial score (nSPS) is 14.8. The Hall–Kier alpha value is -2.54. The van der Waals surface area contributed by atoms with Crippen molar-refractivity contribution in [3.05, 3.63) is 47.8 Å². The number of fused-ring (bicyclic) bond motifs is 1. The Morgan fingerprint density at radius 2 is 2.26 bits per heavy atom. The molecule has 0 saturated carbocycles. The van der Waals surface area contributed by atoms with E-state index in [0.717, 1.165) is 43.0 Å². The van der Waals surface area contributed by atoms with E-state index in [1.165, 1.54) is 5.56 Å². The summed E-state index contributed by atoms with van der Waals surface area (Å²) in [4.78, 5) is 15.7. The molecular formula is C16H17N5O2. The van der Waals surface area contributed by atoms with Gasteiger partial charge in [0, 0.05) is 25.7 Å². The van der Waals surface area contributed by atoms with Gasteiger partial charge in [-0.3, -0.25) is 4.90 Å². The fraction of sp³-hybridized carbons (Fsp3) is 0.375. The third kappa shape index (κ3) is 2.87. The van der Waals surface area contributed by atoms with Gasteiger partial charge in [-0.25, -0.2) is 9.97 Å². The molecule has 118 valence electrons. The van der Waals surface area contributed by atoms with Gasteiger partial charge in [0.15, 0.2) is 0 Å². The lowest BCUT2D eigenvalue weighted by molar-refractivity contribution is 0.207. The number of aromatic nitrogens is 4. The van der Waals surface area contributed by atoms with Crippen LogP contribution in [0.4, 0.5) is 0 Å². The van der Waals surface area contributed by atoms with Gasteiger partial charge in [0.2, 0.25) is 11.7 Å². The van der Waals surface area contributed by atoms with Crippen LogP contribution in [0, 0.1) is 0 Å². The lowest BCUT2D eigenvalue weighted by Gasteiger charge is -2.26. The summed E-state index contributed by atoms with van der Waals surface area (Å²) < 4.78 is 10.4. The Morgan fingerprint density at radius 3 is 3.09 bits per heavy atom. The molecule has 23 heavy (non-hydrogen) atoms. The zero-order chi connectivity index (χ0) is 15.6. The first-order valence-electron chi connectivity index (χ1n) is 7.73. The van der Waals surface area contributed by atoms with Crippen LogP contribution < -0.4 is 0 Å². The van der Waals surface area contributed by atoms with Gasteiger partial charge in [0.1, 0.15) is 12.1 Å². The van der Waals surface area contributed by atoms with Crippen LogP contribution >= 0.6 is 0 Å². The third-order valence-corrected chi connectivity index (χ3v) is 4.00. The molecular weight excluding hydrogens is 294 g/mol. The minimum atomic E-state index is 0.557. The van der Waals surface area contributed by atoms with E-state index in [1.807, 2.05) is 12.3 Å². The van der Waals surface area contributed by atoms with Crippen molar-refractivity contribution in [1.82, 2.24) is 25.0 Å². The van der Waals surface area contributed by atoms with Crippen molar-refractivity contribution < 1.29 is 8.94 Å². The minimum absolute atomic E-state index is 0.557. The highest BCUT2D eigenvalue weighted by Gasteiger charge is 2.20. The number of rotatable bonds is 4. The molecule has 0 atom stereocenters. The molecule has 1 aliphatic rings. The van der Waals surface area contributed by atoms with Crippen LogP contribution in [-0.4, -0.2) is 31.6 Å². The highest BCUT2D eigenvalue weighted by molar-refractivity contribution is 5.51. The molecule has 0 aromatic carbocycles. The molecule has 0 N–H and O–H groups in total. The summed E-state index contributed by atoms with van der Waals surface area (Å²) in [7, 11) is 0. The second-order valence-electron chi connectivity index (χ2n) is 5.60. The maximum Gasteiger partial charge on any atom is 0.241 e. The van der Waals surface area contributed by atoms with E-state index < -0.39 is 0 Å². The SMILES string of the molecule is CCc1ncc2c(n1)CN(Cc1nc(-c3ccoc3)no1)CC2. The van der Waals surface area contributed by atoms with E-state index in [4.69, 9.17) is 8.94 Å². The third-order valence-electron chi connectivity index (χ3n) is 4.00. The van der Waals surface area contributed by atoms with E-state index >= 15 is 0 Å². The van der Waals surface area contributed by atoms with E-state index in [2.05, 4.69) is 31.9 Å². The summed E-state index contributed by atoms with van der Waals surface area (Å²) in [6.07, 6.45) is 6.96. The van der Waals surface area contributed by atoms with Crippen molar-refractivity contribution in [3.8, 4) is 11.4 Å². The van der Waals surface area contributed by atoms with E-state index in [0.29, 0.717) is 18.3 Å². The molecule has 4 heterocycles. The first-order valence-corrected chi connectivity index (χ1v) is 7.73. The molecule has 0 bridgehead atoms. The van der Waals surface area contributed by atoms with E-state index in [-0.39, 0.29) is 0 Å². The topological polar surface area (TPSA) is 81.1 Å². The molecule has 7 nitrogen and oxygen atoms in total. The lowest BCUT2D eigenvalue weighted by Crippen LogP contribution is -2.31. The molecule has 0 aliphatic carbocycles. The summed E-state index contributed by atoms with van der Waals surface area (Å²) in [6.45, 7) is 4.41. The van der Waals surface area contributed by atoms with Crippen LogP contribution in [0.1, 0.15) is 29.9 Å². The Morgan fingerprint density at radius 1 is 1.30 bits per heavy atom. The van der Waals surface area contributed by atoms with Crippen LogP contribution in [0.25, 0.3) is 11.4 Å². The molecule has 0 saturated heterocycles. The second kappa shape index (κ2) is 5.92. The van der Waals surface area contributed by atoms with E-state index in [1.54, 1.807) is 12.5 Å². The number of furan rings is 1. The molecule has 3 aromatic heterocycles. The molecule has 4 rings (SSSR count). The van der Waals surface area contributed by atoms with Crippen molar-refractivity contribution in [1.29, 1.82) is 0 Å². The largest absolute Gasteiger partial charge is 0.472 e. The zero-order valence-electron chi connectivity index (χ0n) is 12.9. The first kappa shape index (κ1) is 14.1. The van der Waals surface area contributed by atoms with Crippen molar-refractivity contribution >= 4 is 0 Å². The summed E-state index contributed by atoms with van der Waals surface area (Å²) in [5.41, 5.74) is 3.17. The second-order valence-corrected chi connectivity index (χ2v) is 5.60. The predicted octanol–water partition coefficient (Wildman–Crippen LogP) is 2.24. The molecule has 0 radical (unpaired) electrons. The Bertz CT molecular complexity index is 797. The van der Waals surface area contributed by atoms with Gasteiger partial charge in [0.05, 0.1) is 24.1 Å². The molecule has 0 amide bonds. The smallest absolute Gasteiger partial charge is 0.241 e. The quantitative estimate of drug-likeness (QED) is 0.731. The van der Waals surface area contributed by atoms with Crippen molar-refractivity contribution in [2.45, 2.75) is 32.9 Å². The standard InChI is InChI=1S/C16H17N5O2/c1-2-14-17-7-11-3-5-21(8-13(11)18-14)9-15-19-16(20-23-15)12-4-6-22-10-12/h4,6-7,10H,2-3,5,8-9H2,1H3. The van der Waals surface area contributed by atoms with Crippen LogP contribution in [0.5, 0.6) is 0 Å². The predicted molar refractivity (Wildman–Crippen MR) is 81.2 cm³/mol. The zero-order valence-corrected chi connectivity index (χ0v) is 12.9. The van der Waals surface area contributed by atoms with E-state index in [9.17, 15) is 0 Å².